The van der Waals surface area contributed by atoms with Gasteiger partial charge in [0.05, 0.1) is 13.2 Å². The molecule has 16 heavy (non-hydrogen) atoms. The smallest absolute Gasteiger partial charge is 0.0642 e. The Bertz CT molecular complexity index is 384. The van der Waals surface area contributed by atoms with E-state index in [1.54, 1.807) is 0 Å². The van der Waals surface area contributed by atoms with Gasteiger partial charge in [0.1, 0.15) is 0 Å². The summed E-state index contributed by atoms with van der Waals surface area (Å²) >= 11 is 3.57. The topological polar surface area (TPSA) is 12.5 Å². The highest BCUT2D eigenvalue weighted by atomic mass is 79.9. The SMILES string of the molecule is Brc1ccc(C2CC2)c(N2CCOCC2)c1. The number of nitrogens with zero attached hydrogens (tertiary/aromatic N) is 1. The van der Waals surface area contributed by atoms with E-state index in [2.05, 4.69) is 39.0 Å². The predicted octanol–water partition coefficient (Wildman–Crippen LogP) is 3.16. The van der Waals surface area contributed by atoms with Crippen LogP contribution >= 0.6 is 15.9 Å². The van der Waals surface area contributed by atoms with Crippen LogP contribution in [0, 0.1) is 0 Å². The third-order valence-electron chi connectivity index (χ3n) is 3.36. The number of morpholine rings is 1. The highest BCUT2D eigenvalue weighted by molar-refractivity contribution is 9.10. The first-order valence-electron chi connectivity index (χ1n) is 5.97. The Balaban J connectivity index is 1.92. The van der Waals surface area contributed by atoms with E-state index in [1.165, 1.54) is 28.6 Å². The molecule has 2 aliphatic rings. The molecular formula is C13H16BrNO. The van der Waals surface area contributed by atoms with Crippen LogP contribution in [-0.4, -0.2) is 26.3 Å². The van der Waals surface area contributed by atoms with Crippen LogP contribution < -0.4 is 4.90 Å². The summed E-state index contributed by atoms with van der Waals surface area (Å²) in [5.74, 6) is 0.811. The summed E-state index contributed by atoms with van der Waals surface area (Å²) in [6.45, 7) is 3.76. The van der Waals surface area contributed by atoms with Crippen molar-refractivity contribution in [3.63, 3.8) is 0 Å². The number of halogens is 1. The van der Waals surface area contributed by atoms with E-state index in [0.717, 1.165) is 32.2 Å². The zero-order chi connectivity index (χ0) is 11.0. The third kappa shape index (κ3) is 2.11. The molecule has 2 fully saturated rings. The van der Waals surface area contributed by atoms with Gasteiger partial charge in [-0.3, -0.25) is 0 Å². The van der Waals surface area contributed by atoms with Crippen molar-refractivity contribution in [3.8, 4) is 0 Å². The second kappa shape index (κ2) is 4.38. The van der Waals surface area contributed by atoms with E-state index in [1.807, 2.05) is 0 Å². The molecular weight excluding hydrogens is 266 g/mol. The lowest BCUT2D eigenvalue weighted by atomic mass is 10.1. The Morgan fingerprint density at radius 1 is 1.19 bits per heavy atom. The molecule has 1 aromatic rings. The van der Waals surface area contributed by atoms with Crippen LogP contribution in [0.3, 0.4) is 0 Å². The second-order valence-corrected chi connectivity index (χ2v) is 5.49. The fourth-order valence-electron chi connectivity index (χ4n) is 2.33. The number of hydrogen-bond acceptors (Lipinski definition) is 2. The average molecular weight is 282 g/mol. The van der Waals surface area contributed by atoms with Gasteiger partial charge < -0.3 is 9.64 Å². The molecule has 0 atom stereocenters. The molecule has 3 rings (SSSR count). The molecule has 0 unspecified atom stereocenters. The lowest BCUT2D eigenvalue weighted by molar-refractivity contribution is 0.122. The van der Waals surface area contributed by atoms with E-state index in [4.69, 9.17) is 4.74 Å². The molecule has 1 heterocycles. The highest BCUT2D eigenvalue weighted by Gasteiger charge is 2.28. The molecule has 0 spiro atoms. The van der Waals surface area contributed by atoms with Gasteiger partial charge >= 0.3 is 0 Å². The zero-order valence-corrected chi connectivity index (χ0v) is 10.9. The van der Waals surface area contributed by atoms with E-state index in [0.29, 0.717) is 0 Å². The molecule has 0 N–H and O–H groups in total. The summed E-state index contributed by atoms with van der Waals surface area (Å²) in [6.07, 6.45) is 2.72. The number of benzene rings is 1. The Kier molecular flexibility index (Phi) is 2.90. The molecule has 0 amide bonds. The summed E-state index contributed by atoms with van der Waals surface area (Å²) in [7, 11) is 0. The number of anilines is 1. The van der Waals surface area contributed by atoms with Crippen LogP contribution in [0.1, 0.15) is 24.3 Å². The van der Waals surface area contributed by atoms with Crippen LogP contribution in [0.25, 0.3) is 0 Å². The minimum atomic E-state index is 0.811. The van der Waals surface area contributed by atoms with Gasteiger partial charge in [0.2, 0.25) is 0 Å². The van der Waals surface area contributed by atoms with Crippen molar-refractivity contribution in [1.82, 2.24) is 0 Å². The van der Waals surface area contributed by atoms with Crippen molar-refractivity contribution in [1.29, 1.82) is 0 Å². The minimum Gasteiger partial charge on any atom is -0.378 e. The summed E-state index contributed by atoms with van der Waals surface area (Å²) < 4.78 is 6.59. The Labute approximate surface area is 105 Å². The molecule has 0 radical (unpaired) electrons. The maximum atomic E-state index is 5.41. The summed E-state index contributed by atoms with van der Waals surface area (Å²) in [6, 6.07) is 6.71. The Hall–Kier alpha value is -0.540. The first-order valence-corrected chi connectivity index (χ1v) is 6.76. The lowest BCUT2D eigenvalue weighted by Crippen LogP contribution is -2.36. The molecule has 1 aliphatic heterocycles. The average Bonchev–Trinajstić information content (AvgIpc) is 3.14. The van der Waals surface area contributed by atoms with Crippen molar-refractivity contribution in [3.05, 3.63) is 28.2 Å². The standard InChI is InChI=1S/C13H16BrNO/c14-11-3-4-12(10-1-2-10)13(9-11)15-5-7-16-8-6-15/h3-4,9-10H,1-2,5-8H2. The highest BCUT2D eigenvalue weighted by Crippen LogP contribution is 2.45. The van der Waals surface area contributed by atoms with Crippen molar-refractivity contribution < 1.29 is 4.74 Å². The van der Waals surface area contributed by atoms with Gasteiger partial charge in [-0.15, -0.1) is 0 Å². The monoisotopic (exact) mass is 281 g/mol. The molecule has 1 aliphatic carbocycles. The largest absolute Gasteiger partial charge is 0.378 e. The zero-order valence-electron chi connectivity index (χ0n) is 9.29. The van der Waals surface area contributed by atoms with E-state index in [9.17, 15) is 0 Å². The number of rotatable bonds is 2. The molecule has 1 saturated heterocycles. The van der Waals surface area contributed by atoms with Crippen molar-refractivity contribution in [2.75, 3.05) is 31.2 Å². The van der Waals surface area contributed by atoms with E-state index >= 15 is 0 Å². The molecule has 3 heteroatoms. The normalized spacial score (nSPS) is 21.2. The Morgan fingerprint density at radius 3 is 2.62 bits per heavy atom. The van der Waals surface area contributed by atoms with Crippen LogP contribution in [0.15, 0.2) is 22.7 Å². The van der Waals surface area contributed by atoms with Crippen molar-refractivity contribution in [2.45, 2.75) is 18.8 Å². The van der Waals surface area contributed by atoms with Gasteiger partial charge in [-0.2, -0.15) is 0 Å². The quantitative estimate of drug-likeness (QED) is 0.826. The fourth-order valence-corrected chi connectivity index (χ4v) is 2.68. The van der Waals surface area contributed by atoms with Gasteiger partial charge in [-0.1, -0.05) is 22.0 Å². The lowest BCUT2D eigenvalue weighted by Gasteiger charge is -2.31. The summed E-state index contributed by atoms with van der Waals surface area (Å²) in [5, 5.41) is 0. The minimum absolute atomic E-state index is 0.811. The molecule has 86 valence electrons. The predicted molar refractivity (Wildman–Crippen MR) is 69.1 cm³/mol. The van der Waals surface area contributed by atoms with Crippen LogP contribution in [-0.2, 0) is 4.74 Å². The first kappa shape index (κ1) is 10.6. The van der Waals surface area contributed by atoms with Gasteiger partial charge in [-0.25, -0.2) is 0 Å². The summed E-state index contributed by atoms with van der Waals surface area (Å²) in [5.41, 5.74) is 2.95. The van der Waals surface area contributed by atoms with Gasteiger partial charge in [-0.05, 0) is 36.5 Å². The van der Waals surface area contributed by atoms with Crippen molar-refractivity contribution in [2.24, 2.45) is 0 Å². The summed E-state index contributed by atoms with van der Waals surface area (Å²) in [4.78, 5) is 2.46. The molecule has 0 bridgehead atoms. The molecule has 2 nitrogen and oxygen atoms in total. The maximum absolute atomic E-state index is 5.41. The van der Waals surface area contributed by atoms with Crippen LogP contribution in [0.5, 0.6) is 0 Å². The molecule has 0 aromatic heterocycles. The van der Waals surface area contributed by atoms with E-state index < -0.39 is 0 Å². The Morgan fingerprint density at radius 2 is 1.94 bits per heavy atom. The van der Waals surface area contributed by atoms with Crippen LogP contribution in [0.4, 0.5) is 5.69 Å². The number of hydrogen-bond donors (Lipinski definition) is 0. The molecule has 1 saturated carbocycles. The first-order chi connectivity index (χ1) is 7.84. The second-order valence-electron chi connectivity index (χ2n) is 4.58. The van der Waals surface area contributed by atoms with Gasteiger partial charge in [0, 0.05) is 23.2 Å². The van der Waals surface area contributed by atoms with E-state index in [-0.39, 0.29) is 0 Å². The van der Waals surface area contributed by atoms with Gasteiger partial charge in [0.25, 0.3) is 0 Å². The van der Waals surface area contributed by atoms with Crippen LogP contribution in [0.2, 0.25) is 0 Å². The van der Waals surface area contributed by atoms with Crippen molar-refractivity contribution >= 4 is 21.6 Å². The molecule has 1 aromatic carbocycles. The number of ether oxygens (including phenoxy) is 1. The fraction of sp³-hybridized carbons (Fsp3) is 0.538. The van der Waals surface area contributed by atoms with Gasteiger partial charge in [0.15, 0.2) is 0 Å². The third-order valence-corrected chi connectivity index (χ3v) is 3.85. The maximum Gasteiger partial charge on any atom is 0.0642 e.